The van der Waals surface area contributed by atoms with Gasteiger partial charge in [0.1, 0.15) is 0 Å². The first-order chi connectivity index (χ1) is 9.85. The van der Waals surface area contributed by atoms with E-state index in [2.05, 4.69) is 0 Å². The van der Waals surface area contributed by atoms with Crippen molar-refractivity contribution in [1.29, 1.82) is 0 Å². The fourth-order valence-corrected chi connectivity index (χ4v) is 2.01. The number of carboxylic acid groups (broad SMARTS) is 1. The van der Waals surface area contributed by atoms with E-state index in [0.29, 0.717) is 0 Å². The van der Waals surface area contributed by atoms with Crippen LogP contribution < -0.4 is 5.32 Å². The maximum Gasteiger partial charge on any atom is 0.471 e. The molecule has 12 heteroatoms. The van der Waals surface area contributed by atoms with Gasteiger partial charge in [-0.05, 0) is 12.8 Å². The van der Waals surface area contributed by atoms with Gasteiger partial charge in [-0.15, -0.1) is 0 Å². The maximum absolute atomic E-state index is 11.9. The summed E-state index contributed by atoms with van der Waals surface area (Å²) in [5, 5.41) is 8.10. The van der Waals surface area contributed by atoms with Gasteiger partial charge in [-0.1, -0.05) is 11.8 Å². The quantitative estimate of drug-likeness (QED) is 0.539. The van der Waals surface area contributed by atoms with E-state index in [1.807, 2.05) is 0 Å². The number of carbonyl (C=O) groups excluding carboxylic acids is 2. The highest BCUT2D eigenvalue weighted by atomic mass is 32.2. The van der Waals surface area contributed by atoms with Gasteiger partial charge < -0.3 is 10.4 Å². The number of carboxylic acids is 1. The molecule has 2 N–H and O–H groups in total. The SMILES string of the molecule is O=C(O)C(CCCNC(=O)C(F)(F)F)CSC(=O)C(F)(F)F. The predicted octanol–water partition coefficient (Wildman–Crippen LogP) is 1.97. The molecule has 0 radical (unpaired) electrons. The van der Waals surface area contributed by atoms with Crippen molar-refractivity contribution in [1.82, 2.24) is 5.32 Å². The summed E-state index contributed by atoms with van der Waals surface area (Å²) in [5.74, 6) is -5.69. The molecule has 0 aliphatic heterocycles. The molecule has 0 spiro atoms. The van der Waals surface area contributed by atoms with Crippen molar-refractivity contribution in [3.05, 3.63) is 0 Å². The molecule has 0 aliphatic carbocycles. The lowest BCUT2D eigenvalue weighted by Crippen LogP contribution is -2.37. The first-order valence-electron chi connectivity index (χ1n) is 5.67. The van der Waals surface area contributed by atoms with Crippen LogP contribution in [0, 0.1) is 5.92 Å². The van der Waals surface area contributed by atoms with Crippen molar-refractivity contribution in [2.24, 2.45) is 5.92 Å². The Hall–Kier alpha value is -1.46. The summed E-state index contributed by atoms with van der Waals surface area (Å²) in [6.45, 7) is -0.486. The Morgan fingerprint density at radius 2 is 1.59 bits per heavy atom. The predicted molar refractivity (Wildman–Crippen MR) is 62.9 cm³/mol. The monoisotopic (exact) mass is 355 g/mol. The van der Waals surface area contributed by atoms with Crippen LogP contribution in [0.3, 0.4) is 0 Å². The Kier molecular flexibility index (Phi) is 7.70. The Morgan fingerprint density at radius 1 is 1.05 bits per heavy atom. The first kappa shape index (κ1) is 20.5. The van der Waals surface area contributed by atoms with Crippen LogP contribution in [0.15, 0.2) is 0 Å². The molecule has 0 rings (SSSR count). The fraction of sp³-hybridized carbons (Fsp3) is 0.700. The van der Waals surface area contributed by atoms with Crippen molar-refractivity contribution in [2.75, 3.05) is 12.3 Å². The van der Waals surface area contributed by atoms with Crippen LogP contribution in [0.25, 0.3) is 0 Å². The summed E-state index contributed by atoms with van der Waals surface area (Å²) in [6.07, 6.45) is -10.6. The van der Waals surface area contributed by atoms with Gasteiger partial charge in [0.05, 0.1) is 5.92 Å². The topological polar surface area (TPSA) is 83.5 Å². The van der Waals surface area contributed by atoms with Gasteiger partial charge in [-0.3, -0.25) is 14.4 Å². The molecule has 0 fully saturated rings. The van der Waals surface area contributed by atoms with Crippen molar-refractivity contribution in [3.8, 4) is 0 Å². The van der Waals surface area contributed by atoms with E-state index in [0.717, 1.165) is 0 Å². The number of alkyl halides is 6. The van der Waals surface area contributed by atoms with Crippen LogP contribution in [0.2, 0.25) is 0 Å². The molecular weight excluding hydrogens is 344 g/mol. The number of hydrogen-bond donors (Lipinski definition) is 2. The van der Waals surface area contributed by atoms with Crippen molar-refractivity contribution >= 4 is 28.8 Å². The van der Waals surface area contributed by atoms with Gasteiger partial charge in [-0.25, -0.2) is 0 Å². The summed E-state index contributed by atoms with van der Waals surface area (Å²) in [4.78, 5) is 31.8. The standard InChI is InChI=1S/C10H11F6NO4S/c11-9(12,13)7(20)17-3-1-2-5(6(18)19)4-22-8(21)10(14,15)16/h5H,1-4H2,(H,17,20)(H,18,19). The third-order valence-electron chi connectivity index (χ3n) is 2.27. The molecule has 1 amide bonds. The number of amides is 1. The van der Waals surface area contributed by atoms with E-state index in [4.69, 9.17) is 5.11 Å². The van der Waals surface area contributed by atoms with Crippen molar-refractivity contribution < 1.29 is 45.8 Å². The molecule has 128 valence electrons. The second-order valence-electron chi connectivity index (χ2n) is 4.03. The van der Waals surface area contributed by atoms with Gasteiger partial charge in [0.15, 0.2) is 0 Å². The summed E-state index contributed by atoms with van der Waals surface area (Å²) in [5.41, 5.74) is 0. The third kappa shape index (κ3) is 8.10. The highest BCUT2D eigenvalue weighted by molar-refractivity contribution is 8.13. The van der Waals surface area contributed by atoms with Gasteiger partial charge >= 0.3 is 24.2 Å². The Labute approximate surface area is 124 Å². The Bertz CT molecular complexity index is 423. The molecule has 0 aromatic carbocycles. The number of carbonyl (C=O) groups is 3. The minimum atomic E-state index is -5.09. The normalized spacial score (nSPS) is 13.5. The van der Waals surface area contributed by atoms with Crippen LogP contribution in [-0.4, -0.2) is 46.7 Å². The van der Waals surface area contributed by atoms with Crippen molar-refractivity contribution in [3.63, 3.8) is 0 Å². The minimum absolute atomic E-state index is 0.195. The molecule has 1 atom stereocenters. The van der Waals surface area contributed by atoms with Gasteiger partial charge in [0, 0.05) is 12.3 Å². The molecule has 22 heavy (non-hydrogen) atoms. The average molecular weight is 355 g/mol. The molecule has 5 nitrogen and oxygen atoms in total. The molecule has 0 bridgehead atoms. The molecule has 0 saturated carbocycles. The zero-order valence-corrected chi connectivity index (χ0v) is 11.6. The van der Waals surface area contributed by atoms with Gasteiger partial charge in [0.25, 0.3) is 5.12 Å². The van der Waals surface area contributed by atoms with Gasteiger partial charge in [-0.2, -0.15) is 26.3 Å². The first-order valence-corrected chi connectivity index (χ1v) is 6.66. The second kappa shape index (κ2) is 8.25. The molecular formula is C10H11F6NO4S. The van der Waals surface area contributed by atoms with Crippen LogP contribution in [0.5, 0.6) is 0 Å². The number of halogens is 6. The zero-order chi connectivity index (χ0) is 17.6. The lowest BCUT2D eigenvalue weighted by atomic mass is 10.1. The van der Waals surface area contributed by atoms with Crippen LogP contribution >= 0.6 is 11.8 Å². The van der Waals surface area contributed by atoms with E-state index in [9.17, 15) is 40.7 Å². The number of rotatable bonds is 7. The van der Waals surface area contributed by atoms with Crippen LogP contribution in [-0.2, 0) is 14.4 Å². The number of thioether (sulfide) groups is 1. The van der Waals surface area contributed by atoms with Crippen LogP contribution in [0.1, 0.15) is 12.8 Å². The summed E-state index contributed by atoms with van der Waals surface area (Å²) >= 11 is -0.224. The number of aliphatic carboxylic acids is 1. The molecule has 0 aromatic heterocycles. The zero-order valence-electron chi connectivity index (χ0n) is 10.8. The molecule has 0 aliphatic rings. The highest BCUT2D eigenvalue weighted by Crippen LogP contribution is 2.26. The van der Waals surface area contributed by atoms with E-state index in [1.54, 1.807) is 0 Å². The van der Waals surface area contributed by atoms with Crippen molar-refractivity contribution in [2.45, 2.75) is 25.2 Å². The molecule has 0 saturated heterocycles. The van der Waals surface area contributed by atoms with E-state index < -0.39 is 47.6 Å². The Morgan fingerprint density at radius 3 is 2.00 bits per heavy atom. The Balaban J connectivity index is 4.20. The molecule has 0 aromatic rings. The maximum atomic E-state index is 11.9. The lowest BCUT2D eigenvalue weighted by molar-refractivity contribution is -0.173. The lowest BCUT2D eigenvalue weighted by Gasteiger charge is -2.13. The molecule has 1 unspecified atom stereocenters. The summed E-state index contributed by atoms with van der Waals surface area (Å²) < 4.78 is 71.3. The fourth-order valence-electron chi connectivity index (χ4n) is 1.19. The number of hydrogen-bond acceptors (Lipinski definition) is 4. The summed E-state index contributed by atoms with van der Waals surface area (Å²) in [6, 6.07) is 0. The van der Waals surface area contributed by atoms with E-state index in [-0.39, 0.29) is 24.6 Å². The largest absolute Gasteiger partial charge is 0.481 e. The third-order valence-corrected chi connectivity index (χ3v) is 3.33. The van der Waals surface area contributed by atoms with Crippen LogP contribution in [0.4, 0.5) is 26.3 Å². The minimum Gasteiger partial charge on any atom is -0.481 e. The van der Waals surface area contributed by atoms with E-state index in [1.165, 1.54) is 5.32 Å². The summed E-state index contributed by atoms with van der Waals surface area (Å²) in [7, 11) is 0. The van der Waals surface area contributed by atoms with Gasteiger partial charge in [0.2, 0.25) is 0 Å². The van der Waals surface area contributed by atoms with E-state index >= 15 is 0 Å². The average Bonchev–Trinajstić information content (AvgIpc) is 2.34. The molecule has 0 heterocycles. The smallest absolute Gasteiger partial charge is 0.471 e. The number of nitrogens with one attached hydrogen (secondary N) is 1. The second-order valence-corrected chi connectivity index (χ2v) is 5.02. The highest BCUT2D eigenvalue weighted by Gasteiger charge is 2.40.